The van der Waals surface area contributed by atoms with Gasteiger partial charge in [0.25, 0.3) is 5.56 Å². The molecule has 9 heteroatoms. The molecule has 1 amide bonds. The number of rotatable bonds is 7. The number of carbonyl (C=O) groups excluding carboxylic acids is 2. The zero-order chi connectivity index (χ0) is 26.4. The van der Waals surface area contributed by atoms with Gasteiger partial charge in [0.1, 0.15) is 12.1 Å². The van der Waals surface area contributed by atoms with Crippen molar-refractivity contribution in [3.05, 3.63) is 51.9 Å². The van der Waals surface area contributed by atoms with Gasteiger partial charge >= 0.3 is 0 Å². The summed E-state index contributed by atoms with van der Waals surface area (Å²) in [6.07, 6.45) is 9.59. The van der Waals surface area contributed by atoms with Crippen molar-refractivity contribution in [3.8, 4) is 11.3 Å². The van der Waals surface area contributed by atoms with E-state index in [-0.39, 0.29) is 11.5 Å². The van der Waals surface area contributed by atoms with Crippen LogP contribution < -0.4 is 10.5 Å². The summed E-state index contributed by atoms with van der Waals surface area (Å²) in [6, 6.07) is 9.21. The third kappa shape index (κ3) is 6.42. The summed E-state index contributed by atoms with van der Waals surface area (Å²) in [5.41, 5.74) is 1.60. The van der Waals surface area contributed by atoms with Crippen LogP contribution in [0.4, 0.5) is 5.82 Å². The third-order valence-electron chi connectivity index (χ3n) is 7.19. The van der Waals surface area contributed by atoms with Crippen molar-refractivity contribution in [1.29, 1.82) is 0 Å². The zero-order valence-electron chi connectivity index (χ0n) is 21.7. The maximum absolute atomic E-state index is 12.9. The molecule has 4 heterocycles. The number of benzene rings is 1. The zero-order valence-corrected chi connectivity index (χ0v) is 22.5. The molecule has 2 saturated heterocycles. The summed E-state index contributed by atoms with van der Waals surface area (Å²) in [7, 11) is 1.84. The molecule has 2 fully saturated rings. The average Bonchev–Trinajstić information content (AvgIpc) is 3.52. The summed E-state index contributed by atoms with van der Waals surface area (Å²) in [6.45, 7) is 5.49. The monoisotopic (exact) mass is 525 g/mol. The van der Waals surface area contributed by atoms with Crippen LogP contribution in [0.3, 0.4) is 0 Å². The largest absolute Gasteiger partial charge is 0.358 e. The van der Waals surface area contributed by atoms with E-state index >= 15 is 0 Å². The van der Waals surface area contributed by atoms with Gasteiger partial charge in [-0.1, -0.05) is 43.5 Å². The van der Waals surface area contributed by atoms with Crippen LogP contribution in [0, 0.1) is 5.92 Å². The number of anilines is 1. The lowest BCUT2D eigenvalue weighted by Gasteiger charge is -2.33. The summed E-state index contributed by atoms with van der Waals surface area (Å²) in [5.74, 6) is 1.98. The van der Waals surface area contributed by atoms with Gasteiger partial charge in [0.2, 0.25) is 11.7 Å². The minimum absolute atomic E-state index is 0.0861. The number of hydrogen-bond acceptors (Lipinski definition) is 5. The second-order valence-electron chi connectivity index (χ2n) is 9.88. The number of aldehydes is 1. The van der Waals surface area contributed by atoms with Crippen molar-refractivity contribution in [2.24, 2.45) is 5.92 Å². The summed E-state index contributed by atoms with van der Waals surface area (Å²) in [5, 5.41) is 0.669. The number of unbranched alkanes of at least 4 members (excludes halogenated alkanes) is 2. The molecule has 0 atom stereocenters. The van der Waals surface area contributed by atoms with Crippen molar-refractivity contribution < 1.29 is 9.59 Å². The molecule has 198 valence electrons. The molecular formula is C28H36ClN5O3. The molecule has 0 radical (unpaired) electrons. The Bertz CT molecular complexity index is 1280. The number of aromatic nitrogens is 3. The molecule has 2 aliphatic heterocycles. The SMILES string of the molecule is CCCCCn1c(N2CCC(C=O)CC2)cc(=O)n2cc(-c3ccc(Cl)cc3)nc12.CN1CCCC1=O. The van der Waals surface area contributed by atoms with Crippen LogP contribution in [0.15, 0.2) is 41.3 Å². The molecular weight excluding hydrogens is 490 g/mol. The van der Waals surface area contributed by atoms with Gasteiger partial charge in [0.15, 0.2) is 0 Å². The van der Waals surface area contributed by atoms with Crippen LogP contribution in [-0.2, 0) is 16.1 Å². The van der Waals surface area contributed by atoms with Gasteiger partial charge in [-0.15, -0.1) is 0 Å². The van der Waals surface area contributed by atoms with Crippen LogP contribution in [0.2, 0.25) is 5.02 Å². The predicted molar refractivity (Wildman–Crippen MR) is 147 cm³/mol. The highest BCUT2D eigenvalue weighted by Gasteiger charge is 2.23. The van der Waals surface area contributed by atoms with E-state index in [1.807, 2.05) is 31.3 Å². The van der Waals surface area contributed by atoms with Gasteiger partial charge in [0, 0.05) is 68.4 Å². The molecule has 1 aromatic carbocycles. The number of carbonyl (C=O) groups is 2. The molecule has 3 aromatic rings. The molecule has 0 N–H and O–H groups in total. The van der Waals surface area contributed by atoms with E-state index < -0.39 is 0 Å². The lowest BCUT2D eigenvalue weighted by Crippen LogP contribution is -2.37. The Hall–Kier alpha value is -3.13. The van der Waals surface area contributed by atoms with E-state index in [1.54, 1.807) is 21.6 Å². The highest BCUT2D eigenvalue weighted by atomic mass is 35.5. The van der Waals surface area contributed by atoms with Gasteiger partial charge < -0.3 is 14.6 Å². The first-order chi connectivity index (χ1) is 17.9. The molecule has 0 unspecified atom stereocenters. The lowest BCUT2D eigenvalue weighted by atomic mass is 9.99. The fourth-order valence-electron chi connectivity index (χ4n) is 4.89. The van der Waals surface area contributed by atoms with E-state index in [0.717, 1.165) is 94.5 Å². The fraction of sp³-hybridized carbons (Fsp3) is 0.500. The van der Waals surface area contributed by atoms with Gasteiger partial charge in [-0.2, -0.15) is 0 Å². The number of hydrogen-bond donors (Lipinski definition) is 0. The number of amides is 1. The van der Waals surface area contributed by atoms with Gasteiger partial charge in [0.05, 0.1) is 5.69 Å². The molecule has 2 aromatic heterocycles. The number of fused-ring (bicyclic) bond motifs is 1. The molecule has 0 bridgehead atoms. The number of aryl methyl sites for hydroxylation is 1. The van der Waals surface area contributed by atoms with Gasteiger partial charge in [-0.05, 0) is 37.8 Å². The molecule has 2 aliphatic rings. The van der Waals surface area contributed by atoms with Crippen molar-refractivity contribution in [1.82, 2.24) is 18.9 Å². The number of likely N-dealkylation sites (tertiary alicyclic amines) is 1. The Morgan fingerprint density at radius 2 is 1.81 bits per heavy atom. The third-order valence-corrected chi connectivity index (χ3v) is 7.44. The smallest absolute Gasteiger partial charge is 0.261 e. The van der Waals surface area contributed by atoms with E-state index in [2.05, 4.69) is 16.4 Å². The Morgan fingerprint density at radius 1 is 1.08 bits per heavy atom. The molecule has 37 heavy (non-hydrogen) atoms. The topological polar surface area (TPSA) is 79.9 Å². The number of halogens is 1. The number of imidazole rings is 1. The number of nitrogens with zero attached hydrogens (tertiary/aromatic N) is 5. The Balaban J connectivity index is 0.000000396. The van der Waals surface area contributed by atoms with E-state index in [9.17, 15) is 14.4 Å². The molecule has 8 nitrogen and oxygen atoms in total. The van der Waals surface area contributed by atoms with Crippen LogP contribution in [0.5, 0.6) is 0 Å². The second kappa shape index (κ2) is 12.4. The van der Waals surface area contributed by atoms with Crippen LogP contribution in [0.25, 0.3) is 17.0 Å². The van der Waals surface area contributed by atoms with Gasteiger partial charge in [-0.25, -0.2) is 4.98 Å². The summed E-state index contributed by atoms with van der Waals surface area (Å²) < 4.78 is 3.80. The maximum atomic E-state index is 12.9. The minimum Gasteiger partial charge on any atom is -0.358 e. The maximum Gasteiger partial charge on any atom is 0.261 e. The average molecular weight is 526 g/mol. The van der Waals surface area contributed by atoms with E-state index in [1.165, 1.54) is 0 Å². The van der Waals surface area contributed by atoms with Crippen molar-refractivity contribution >= 4 is 35.4 Å². The normalized spacial score (nSPS) is 16.2. The second-order valence-corrected chi connectivity index (χ2v) is 10.3. The quantitative estimate of drug-likeness (QED) is 0.331. The molecule has 0 spiro atoms. The minimum atomic E-state index is -0.0861. The molecule has 5 rings (SSSR count). The van der Waals surface area contributed by atoms with Gasteiger partial charge in [-0.3, -0.25) is 18.6 Å². The Labute approximate surface area is 222 Å². The predicted octanol–water partition coefficient (Wildman–Crippen LogP) is 4.66. The fourth-order valence-corrected chi connectivity index (χ4v) is 5.01. The first-order valence-corrected chi connectivity index (χ1v) is 13.6. The first kappa shape index (κ1) is 26.9. The first-order valence-electron chi connectivity index (χ1n) is 13.2. The molecule has 0 saturated carbocycles. The van der Waals surface area contributed by atoms with Crippen LogP contribution in [0.1, 0.15) is 51.9 Å². The van der Waals surface area contributed by atoms with Crippen molar-refractivity contribution in [2.75, 3.05) is 31.6 Å². The number of piperidine rings is 1. The highest BCUT2D eigenvalue weighted by Crippen LogP contribution is 2.26. The summed E-state index contributed by atoms with van der Waals surface area (Å²) >= 11 is 6.02. The van der Waals surface area contributed by atoms with Crippen molar-refractivity contribution in [3.63, 3.8) is 0 Å². The van der Waals surface area contributed by atoms with Crippen LogP contribution in [-0.4, -0.2) is 57.7 Å². The van der Waals surface area contributed by atoms with E-state index in [4.69, 9.17) is 16.6 Å². The van der Waals surface area contributed by atoms with Crippen LogP contribution >= 0.6 is 11.6 Å². The molecule has 0 aliphatic carbocycles. The highest BCUT2D eigenvalue weighted by molar-refractivity contribution is 6.30. The lowest BCUT2D eigenvalue weighted by molar-refractivity contribution is -0.126. The van der Waals surface area contributed by atoms with E-state index in [0.29, 0.717) is 16.7 Å². The standard InChI is InChI=1S/C23H27ClN4O2.C5H9NO/c1-2-3-4-11-27-21(26-12-9-17(16-29)10-13-26)14-22(30)28-15-20(25-23(27)28)18-5-7-19(24)8-6-18;1-6-4-2-3-5(6)7/h5-8,14-17H,2-4,9-13H2,1H3;2-4H2,1H3. The van der Waals surface area contributed by atoms with Crippen molar-refractivity contribution in [2.45, 2.75) is 58.4 Å². The summed E-state index contributed by atoms with van der Waals surface area (Å²) in [4.78, 5) is 43.4. The Kier molecular flexibility index (Phi) is 9.03. The Morgan fingerprint density at radius 3 is 2.38 bits per heavy atom.